The minimum absolute atomic E-state index is 0.367. The molecule has 88 valence electrons. The van der Waals surface area contributed by atoms with Crippen molar-refractivity contribution in [3.05, 3.63) is 48.0 Å². The van der Waals surface area contributed by atoms with Gasteiger partial charge in [0.1, 0.15) is 0 Å². The first-order chi connectivity index (χ1) is 8.18. The fourth-order valence-electron chi connectivity index (χ4n) is 1.70. The number of aliphatic carboxylic acids is 1. The Morgan fingerprint density at radius 1 is 1.24 bits per heavy atom. The van der Waals surface area contributed by atoms with Gasteiger partial charge in [-0.05, 0) is 23.3 Å². The zero-order valence-electron chi connectivity index (χ0n) is 9.59. The van der Waals surface area contributed by atoms with E-state index in [1.54, 1.807) is 6.92 Å². The highest BCUT2D eigenvalue weighted by Crippen LogP contribution is 2.24. The molecule has 1 N–H and O–H groups in total. The molecule has 0 unspecified atom stereocenters. The van der Waals surface area contributed by atoms with E-state index >= 15 is 0 Å². The average molecular weight is 246 g/mol. The molecule has 1 atom stereocenters. The Bertz CT molecular complexity index is 531. The molecule has 2 rings (SSSR count). The van der Waals surface area contributed by atoms with Crippen molar-refractivity contribution in [1.82, 2.24) is 0 Å². The minimum Gasteiger partial charge on any atom is -0.480 e. The maximum atomic E-state index is 10.8. The van der Waals surface area contributed by atoms with Crippen molar-refractivity contribution in [3.8, 4) is 0 Å². The summed E-state index contributed by atoms with van der Waals surface area (Å²) in [5.41, 5.74) is 1.20. The highest BCUT2D eigenvalue weighted by Gasteiger charge is 2.11. The van der Waals surface area contributed by atoms with Gasteiger partial charge in [0, 0.05) is 5.75 Å². The Labute approximate surface area is 105 Å². The fourth-order valence-corrected chi connectivity index (χ4v) is 2.53. The third kappa shape index (κ3) is 2.80. The molecule has 0 spiro atoms. The first-order valence-electron chi connectivity index (χ1n) is 5.49. The molecule has 0 aromatic heterocycles. The SMILES string of the molecule is C[C@@H](SCc1cccc2ccccc12)C(=O)O. The third-order valence-electron chi connectivity index (χ3n) is 2.72. The average Bonchev–Trinajstić information content (AvgIpc) is 2.35. The zero-order valence-corrected chi connectivity index (χ0v) is 10.4. The quantitative estimate of drug-likeness (QED) is 0.896. The normalized spacial score (nSPS) is 12.5. The smallest absolute Gasteiger partial charge is 0.316 e. The van der Waals surface area contributed by atoms with Gasteiger partial charge in [-0.3, -0.25) is 4.79 Å². The topological polar surface area (TPSA) is 37.3 Å². The number of carbonyl (C=O) groups is 1. The van der Waals surface area contributed by atoms with Crippen LogP contribution in [0.15, 0.2) is 42.5 Å². The molecule has 0 aliphatic rings. The van der Waals surface area contributed by atoms with Crippen molar-refractivity contribution < 1.29 is 9.90 Å². The summed E-state index contributed by atoms with van der Waals surface area (Å²) in [6.07, 6.45) is 0. The van der Waals surface area contributed by atoms with Gasteiger partial charge < -0.3 is 5.11 Å². The molecule has 0 saturated heterocycles. The number of thioether (sulfide) groups is 1. The number of carboxylic acid groups (broad SMARTS) is 1. The van der Waals surface area contributed by atoms with Gasteiger partial charge in [-0.2, -0.15) is 0 Å². The van der Waals surface area contributed by atoms with Crippen LogP contribution in [-0.4, -0.2) is 16.3 Å². The lowest BCUT2D eigenvalue weighted by atomic mass is 10.1. The van der Waals surface area contributed by atoms with Gasteiger partial charge in [-0.1, -0.05) is 42.5 Å². The van der Waals surface area contributed by atoms with Crippen LogP contribution in [0.1, 0.15) is 12.5 Å². The summed E-state index contributed by atoms with van der Waals surface area (Å²) in [5, 5.41) is 10.9. The number of carboxylic acids is 1. The van der Waals surface area contributed by atoms with Gasteiger partial charge in [-0.25, -0.2) is 0 Å². The summed E-state index contributed by atoms with van der Waals surface area (Å²) in [5.74, 6) is -0.0234. The minimum atomic E-state index is -0.754. The number of benzene rings is 2. The van der Waals surface area contributed by atoms with Gasteiger partial charge in [0.15, 0.2) is 0 Å². The van der Waals surface area contributed by atoms with Crippen LogP contribution in [0.2, 0.25) is 0 Å². The van der Waals surface area contributed by atoms with Gasteiger partial charge in [0.05, 0.1) is 5.25 Å². The monoisotopic (exact) mass is 246 g/mol. The van der Waals surface area contributed by atoms with E-state index in [1.807, 2.05) is 18.2 Å². The van der Waals surface area contributed by atoms with Crippen molar-refractivity contribution in [2.75, 3.05) is 0 Å². The number of hydrogen-bond acceptors (Lipinski definition) is 2. The summed E-state index contributed by atoms with van der Waals surface area (Å²) in [7, 11) is 0. The second-order valence-electron chi connectivity index (χ2n) is 3.93. The van der Waals surface area contributed by atoms with Crippen molar-refractivity contribution in [1.29, 1.82) is 0 Å². The number of fused-ring (bicyclic) bond motifs is 1. The van der Waals surface area contributed by atoms with E-state index < -0.39 is 5.97 Å². The standard InChI is InChI=1S/C14H14O2S/c1-10(14(15)16)17-9-12-7-4-6-11-5-2-3-8-13(11)12/h2-8,10H,9H2,1H3,(H,15,16)/t10-/m1/s1. The molecule has 0 heterocycles. The molecule has 0 bridgehead atoms. The molecule has 0 aliphatic heterocycles. The fraction of sp³-hybridized carbons (Fsp3) is 0.214. The van der Waals surface area contributed by atoms with E-state index in [-0.39, 0.29) is 5.25 Å². The molecule has 2 nitrogen and oxygen atoms in total. The van der Waals surface area contributed by atoms with E-state index in [4.69, 9.17) is 5.11 Å². The van der Waals surface area contributed by atoms with E-state index in [0.29, 0.717) is 0 Å². The molecule has 0 amide bonds. The maximum Gasteiger partial charge on any atom is 0.316 e. The first-order valence-corrected chi connectivity index (χ1v) is 6.54. The van der Waals surface area contributed by atoms with E-state index in [2.05, 4.69) is 24.3 Å². The highest BCUT2D eigenvalue weighted by molar-refractivity contribution is 7.99. The molecule has 2 aromatic carbocycles. The predicted octanol–water partition coefficient (Wildman–Crippen LogP) is 3.55. The molecule has 0 aliphatic carbocycles. The van der Waals surface area contributed by atoms with Gasteiger partial charge in [-0.15, -0.1) is 11.8 Å². The maximum absolute atomic E-state index is 10.8. The van der Waals surface area contributed by atoms with E-state index in [9.17, 15) is 4.79 Å². The van der Waals surface area contributed by atoms with Gasteiger partial charge in [0.25, 0.3) is 0 Å². The lowest BCUT2D eigenvalue weighted by Crippen LogP contribution is -2.11. The Kier molecular flexibility index (Phi) is 3.69. The first kappa shape index (κ1) is 12.0. The van der Waals surface area contributed by atoms with Crippen LogP contribution >= 0.6 is 11.8 Å². The Hall–Kier alpha value is -1.48. The second-order valence-corrected chi connectivity index (χ2v) is 5.26. The number of hydrogen-bond donors (Lipinski definition) is 1. The lowest BCUT2D eigenvalue weighted by Gasteiger charge is -2.08. The van der Waals surface area contributed by atoms with Crippen LogP contribution in [0.3, 0.4) is 0 Å². The Morgan fingerprint density at radius 3 is 2.71 bits per heavy atom. The van der Waals surface area contributed by atoms with Crippen molar-refractivity contribution in [2.45, 2.75) is 17.9 Å². The van der Waals surface area contributed by atoms with Crippen LogP contribution in [-0.2, 0) is 10.5 Å². The molecular formula is C14H14O2S. The Balaban J connectivity index is 2.21. The number of rotatable bonds is 4. The summed E-state index contributed by atoms with van der Waals surface area (Å²) in [6, 6.07) is 14.3. The van der Waals surface area contributed by atoms with Crippen LogP contribution in [0, 0.1) is 0 Å². The van der Waals surface area contributed by atoms with Crippen LogP contribution in [0.4, 0.5) is 0 Å². The van der Waals surface area contributed by atoms with Crippen molar-refractivity contribution in [3.63, 3.8) is 0 Å². The summed E-state index contributed by atoms with van der Waals surface area (Å²) in [4.78, 5) is 10.8. The highest BCUT2D eigenvalue weighted by atomic mass is 32.2. The Morgan fingerprint density at radius 2 is 1.94 bits per heavy atom. The second kappa shape index (κ2) is 5.23. The third-order valence-corrected chi connectivity index (χ3v) is 3.90. The molecular weight excluding hydrogens is 232 g/mol. The molecule has 3 heteroatoms. The van der Waals surface area contributed by atoms with Gasteiger partial charge in [0.2, 0.25) is 0 Å². The molecule has 0 radical (unpaired) electrons. The van der Waals surface area contributed by atoms with Crippen molar-refractivity contribution in [2.24, 2.45) is 0 Å². The van der Waals surface area contributed by atoms with Gasteiger partial charge >= 0.3 is 5.97 Å². The lowest BCUT2D eigenvalue weighted by molar-refractivity contribution is -0.136. The predicted molar refractivity (Wildman–Crippen MR) is 72.3 cm³/mol. The molecule has 0 fully saturated rings. The van der Waals surface area contributed by atoms with Crippen LogP contribution in [0.5, 0.6) is 0 Å². The summed E-state index contributed by atoms with van der Waals surface area (Å²) < 4.78 is 0. The summed E-state index contributed by atoms with van der Waals surface area (Å²) >= 11 is 1.45. The summed E-state index contributed by atoms with van der Waals surface area (Å²) in [6.45, 7) is 1.72. The largest absolute Gasteiger partial charge is 0.480 e. The molecule has 2 aromatic rings. The van der Waals surface area contributed by atoms with Crippen LogP contribution in [0.25, 0.3) is 10.8 Å². The van der Waals surface area contributed by atoms with Crippen molar-refractivity contribution >= 4 is 28.5 Å². The zero-order chi connectivity index (χ0) is 12.3. The van der Waals surface area contributed by atoms with E-state index in [0.717, 1.165) is 5.75 Å². The van der Waals surface area contributed by atoms with E-state index in [1.165, 1.54) is 28.1 Å². The molecule has 0 saturated carbocycles. The molecule has 17 heavy (non-hydrogen) atoms. The van der Waals surface area contributed by atoms with Crippen LogP contribution < -0.4 is 0 Å².